The Morgan fingerprint density at radius 1 is 1.50 bits per heavy atom. The van der Waals surface area contributed by atoms with Gasteiger partial charge in [0.25, 0.3) is 0 Å². The molecule has 0 fully saturated rings. The van der Waals surface area contributed by atoms with Gasteiger partial charge in [-0.05, 0) is 6.42 Å². The third kappa shape index (κ3) is 5.14. The maximum atomic E-state index is 11.7. The summed E-state index contributed by atoms with van der Waals surface area (Å²) < 4.78 is 29.0. The van der Waals surface area contributed by atoms with Crippen LogP contribution in [0.5, 0.6) is 0 Å². The molecule has 0 aromatic carbocycles. The van der Waals surface area contributed by atoms with Crippen LogP contribution in [0.2, 0.25) is 0 Å². The zero-order chi connectivity index (χ0) is 12.8. The summed E-state index contributed by atoms with van der Waals surface area (Å²) in [6.07, 6.45) is 0.404. The molecule has 0 radical (unpaired) electrons. The van der Waals surface area contributed by atoms with E-state index in [1.165, 1.54) is 18.5 Å². The van der Waals surface area contributed by atoms with Crippen molar-refractivity contribution in [3.63, 3.8) is 0 Å². The molecule has 1 unspecified atom stereocenters. The minimum atomic E-state index is -3.32. The third-order valence-electron chi connectivity index (χ3n) is 2.15. The molecule has 7 heteroatoms. The second kappa shape index (κ2) is 7.09. The van der Waals surface area contributed by atoms with Crippen molar-refractivity contribution >= 4 is 27.6 Å². The average molecular weight is 272 g/mol. The lowest BCUT2D eigenvalue weighted by Crippen LogP contribution is -2.35. The standard InChI is InChI=1S/C9H18ClNO4S/c1-8(9(12)15-3)7-11(2)16(13,14)6-4-5-10/h8H,4-7H2,1-3H3. The second-order valence-corrected chi connectivity index (χ2v) is 6.14. The number of alkyl halides is 1. The fourth-order valence-corrected chi connectivity index (χ4v) is 2.73. The normalized spacial score (nSPS) is 13.8. The van der Waals surface area contributed by atoms with Crippen molar-refractivity contribution in [1.29, 1.82) is 0 Å². The van der Waals surface area contributed by atoms with Gasteiger partial charge in [0.1, 0.15) is 0 Å². The van der Waals surface area contributed by atoms with Gasteiger partial charge in [-0.25, -0.2) is 12.7 Å². The summed E-state index contributed by atoms with van der Waals surface area (Å²) in [5.74, 6) is -0.583. The summed E-state index contributed by atoms with van der Waals surface area (Å²) in [6, 6.07) is 0. The first-order valence-corrected chi connectivity index (χ1v) is 7.07. The Morgan fingerprint density at radius 2 is 2.06 bits per heavy atom. The Balaban J connectivity index is 4.34. The van der Waals surface area contributed by atoms with Gasteiger partial charge in [0.2, 0.25) is 10.0 Å². The van der Waals surface area contributed by atoms with Crippen LogP contribution >= 0.6 is 11.6 Å². The van der Waals surface area contributed by atoms with Crippen LogP contribution in [0.25, 0.3) is 0 Å². The molecule has 0 aromatic heterocycles. The summed E-state index contributed by atoms with van der Waals surface area (Å²) >= 11 is 5.43. The molecule has 0 N–H and O–H groups in total. The first kappa shape index (κ1) is 15.7. The highest BCUT2D eigenvalue weighted by Gasteiger charge is 2.23. The molecule has 0 heterocycles. The number of methoxy groups -OCH3 is 1. The lowest BCUT2D eigenvalue weighted by atomic mass is 10.2. The molecule has 0 aliphatic rings. The van der Waals surface area contributed by atoms with E-state index in [2.05, 4.69) is 4.74 Å². The number of carbonyl (C=O) groups is 1. The molecule has 0 aromatic rings. The third-order valence-corrected chi connectivity index (χ3v) is 4.32. The molecule has 0 bridgehead atoms. The quantitative estimate of drug-likeness (QED) is 0.505. The van der Waals surface area contributed by atoms with Crippen LogP contribution in [0, 0.1) is 5.92 Å². The first-order chi connectivity index (χ1) is 7.35. The molecule has 0 aliphatic carbocycles. The van der Waals surface area contributed by atoms with Gasteiger partial charge < -0.3 is 4.74 Å². The summed E-state index contributed by atoms with van der Waals surface area (Å²) in [7, 11) is -0.592. The highest BCUT2D eigenvalue weighted by atomic mass is 35.5. The maximum Gasteiger partial charge on any atom is 0.309 e. The number of halogens is 1. The van der Waals surface area contributed by atoms with Gasteiger partial charge in [-0.3, -0.25) is 4.79 Å². The van der Waals surface area contributed by atoms with Gasteiger partial charge >= 0.3 is 5.97 Å². The monoisotopic (exact) mass is 271 g/mol. The van der Waals surface area contributed by atoms with Crippen molar-refractivity contribution in [3.05, 3.63) is 0 Å². The van der Waals surface area contributed by atoms with Gasteiger partial charge in [-0.1, -0.05) is 6.92 Å². The van der Waals surface area contributed by atoms with Crippen LogP contribution in [0.15, 0.2) is 0 Å². The first-order valence-electron chi connectivity index (χ1n) is 4.93. The summed E-state index contributed by atoms with van der Waals surface area (Å²) in [4.78, 5) is 11.1. The average Bonchev–Trinajstić information content (AvgIpc) is 2.24. The SMILES string of the molecule is COC(=O)C(C)CN(C)S(=O)(=O)CCCCl. The molecule has 0 amide bonds. The van der Waals surface area contributed by atoms with E-state index in [4.69, 9.17) is 11.6 Å². The molecule has 0 rings (SSSR count). The fraction of sp³-hybridized carbons (Fsp3) is 0.889. The number of ether oxygens (including phenoxy) is 1. The molecule has 0 saturated carbocycles. The van der Waals surface area contributed by atoms with Gasteiger partial charge in [0.15, 0.2) is 0 Å². The van der Waals surface area contributed by atoms with Crippen molar-refractivity contribution in [3.8, 4) is 0 Å². The van der Waals surface area contributed by atoms with Gasteiger partial charge in [-0.2, -0.15) is 0 Å². The molecule has 0 spiro atoms. The Morgan fingerprint density at radius 3 is 2.50 bits per heavy atom. The van der Waals surface area contributed by atoms with E-state index in [0.29, 0.717) is 12.3 Å². The minimum absolute atomic E-state index is 0.000886. The van der Waals surface area contributed by atoms with Crippen molar-refractivity contribution in [2.75, 3.05) is 32.3 Å². The predicted molar refractivity (Wildman–Crippen MR) is 62.9 cm³/mol. The van der Waals surface area contributed by atoms with Crippen molar-refractivity contribution in [2.24, 2.45) is 5.92 Å². The predicted octanol–water partition coefficient (Wildman–Crippen LogP) is 0.686. The van der Waals surface area contributed by atoms with Crippen LogP contribution in [0.3, 0.4) is 0 Å². The Kier molecular flexibility index (Phi) is 6.94. The molecule has 1 atom stereocenters. The Labute approximate surface area is 102 Å². The van der Waals surface area contributed by atoms with E-state index in [-0.39, 0.29) is 12.3 Å². The van der Waals surface area contributed by atoms with E-state index in [1.807, 2.05) is 0 Å². The summed E-state index contributed by atoms with van der Waals surface area (Å²) in [6.45, 7) is 1.75. The second-order valence-electron chi connectivity index (χ2n) is 3.56. The summed E-state index contributed by atoms with van der Waals surface area (Å²) in [5.41, 5.74) is 0. The van der Waals surface area contributed by atoms with Crippen LogP contribution < -0.4 is 0 Å². The molecule has 0 aliphatic heterocycles. The summed E-state index contributed by atoms with van der Waals surface area (Å²) in [5, 5.41) is 0. The van der Waals surface area contributed by atoms with Crippen LogP contribution in [-0.4, -0.2) is 51.0 Å². The number of hydrogen-bond acceptors (Lipinski definition) is 4. The Bertz CT molecular complexity index is 317. The van der Waals surface area contributed by atoms with E-state index in [9.17, 15) is 13.2 Å². The molecule has 0 saturated heterocycles. The van der Waals surface area contributed by atoms with Gasteiger partial charge in [0.05, 0.1) is 18.8 Å². The lowest BCUT2D eigenvalue weighted by Gasteiger charge is -2.19. The smallest absolute Gasteiger partial charge is 0.309 e. The van der Waals surface area contributed by atoms with Crippen LogP contribution in [0.1, 0.15) is 13.3 Å². The zero-order valence-electron chi connectivity index (χ0n) is 9.77. The number of rotatable bonds is 7. The minimum Gasteiger partial charge on any atom is -0.469 e. The highest BCUT2D eigenvalue weighted by Crippen LogP contribution is 2.07. The van der Waals surface area contributed by atoms with Crippen LogP contribution in [0.4, 0.5) is 0 Å². The topological polar surface area (TPSA) is 63.7 Å². The van der Waals surface area contributed by atoms with Crippen molar-refractivity contribution in [1.82, 2.24) is 4.31 Å². The van der Waals surface area contributed by atoms with Crippen molar-refractivity contribution in [2.45, 2.75) is 13.3 Å². The van der Waals surface area contributed by atoms with Gasteiger partial charge in [-0.15, -0.1) is 11.6 Å². The van der Waals surface area contributed by atoms with E-state index in [0.717, 1.165) is 0 Å². The number of carbonyl (C=O) groups excluding carboxylic acids is 1. The fourth-order valence-electron chi connectivity index (χ4n) is 1.17. The number of hydrogen-bond donors (Lipinski definition) is 0. The zero-order valence-corrected chi connectivity index (χ0v) is 11.3. The highest BCUT2D eigenvalue weighted by molar-refractivity contribution is 7.89. The van der Waals surface area contributed by atoms with E-state index in [1.54, 1.807) is 6.92 Å². The number of sulfonamides is 1. The van der Waals surface area contributed by atoms with E-state index >= 15 is 0 Å². The number of esters is 1. The largest absolute Gasteiger partial charge is 0.469 e. The molecule has 5 nitrogen and oxygen atoms in total. The van der Waals surface area contributed by atoms with Crippen molar-refractivity contribution < 1.29 is 17.9 Å². The Hall–Kier alpha value is -0.330. The molecular formula is C9H18ClNO4S. The van der Waals surface area contributed by atoms with Crippen LogP contribution in [-0.2, 0) is 19.6 Å². The molecule has 96 valence electrons. The van der Waals surface area contributed by atoms with E-state index < -0.39 is 21.9 Å². The lowest BCUT2D eigenvalue weighted by molar-refractivity contribution is -0.144. The number of nitrogens with zero attached hydrogens (tertiary/aromatic N) is 1. The maximum absolute atomic E-state index is 11.7. The molecule has 16 heavy (non-hydrogen) atoms. The van der Waals surface area contributed by atoms with Gasteiger partial charge in [0, 0.05) is 19.5 Å². The molecular weight excluding hydrogens is 254 g/mol.